The van der Waals surface area contributed by atoms with Crippen molar-refractivity contribution in [2.75, 3.05) is 13.1 Å². The molecule has 4 N–H and O–H groups in total. The third kappa shape index (κ3) is 6.18. The Morgan fingerprint density at radius 1 is 1.10 bits per heavy atom. The van der Waals surface area contributed by atoms with E-state index in [-0.39, 0.29) is 42.6 Å². The van der Waals surface area contributed by atoms with Crippen LogP contribution in [0.2, 0.25) is 0 Å². The number of carbonyl (C=O) groups is 2. The van der Waals surface area contributed by atoms with Crippen molar-refractivity contribution in [2.45, 2.75) is 0 Å². The number of ether oxygens (including phenoxy) is 1. The van der Waals surface area contributed by atoms with E-state index in [4.69, 9.17) is 11.5 Å². The van der Waals surface area contributed by atoms with E-state index in [2.05, 4.69) is 4.74 Å². The van der Waals surface area contributed by atoms with Crippen molar-refractivity contribution in [3.8, 4) is 0 Å². The predicted molar refractivity (Wildman–Crippen MR) is 36.4 cm³/mol. The summed E-state index contributed by atoms with van der Waals surface area (Å²) in [6.45, 7) is -0.600. The molecule has 0 rings (SSSR count). The summed E-state index contributed by atoms with van der Waals surface area (Å²) in [4.78, 5) is 20.3. The molecule has 0 saturated carbocycles. The summed E-state index contributed by atoms with van der Waals surface area (Å²) in [5.41, 5.74) is 9.61. The second-order valence-corrected chi connectivity index (χ2v) is 1.25. The summed E-state index contributed by atoms with van der Waals surface area (Å²) in [6.07, 6.45) is 0. The van der Waals surface area contributed by atoms with Gasteiger partial charge in [0.05, 0.1) is 13.1 Å². The Balaban J connectivity index is 0. The molecule has 0 amide bonds. The van der Waals surface area contributed by atoms with Crippen LogP contribution in [0.15, 0.2) is 0 Å². The SMILES string of the molecule is NCC(=O)OC(=O)CN.[NaH]. The molecule has 0 aromatic rings. The molecule has 0 aliphatic carbocycles. The van der Waals surface area contributed by atoms with Gasteiger partial charge >= 0.3 is 41.5 Å². The zero-order valence-corrected chi connectivity index (χ0v) is 4.79. The second kappa shape index (κ2) is 7.17. The Bertz CT molecular complexity index is 114. The standard InChI is InChI=1S/C4H8N2O3.Na.H/c5-1-3(7)9-4(8)2-6;;/h1-2,5-6H2;;. The number of rotatable bonds is 2. The first-order valence-electron chi connectivity index (χ1n) is 2.34. The Kier molecular flexibility index (Phi) is 9.11. The van der Waals surface area contributed by atoms with Gasteiger partial charge in [0.1, 0.15) is 0 Å². The summed E-state index contributed by atoms with van der Waals surface area (Å²) in [6, 6.07) is 0. The van der Waals surface area contributed by atoms with Crippen LogP contribution in [0.4, 0.5) is 0 Å². The van der Waals surface area contributed by atoms with Gasteiger partial charge in [0.25, 0.3) is 0 Å². The first-order valence-corrected chi connectivity index (χ1v) is 2.34. The number of nitrogens with two attached hydrogens (primary N) is 2. The van der Waals surface area contributed by atoms with Gasteiger partial charge in [0.15, 0.2) is 0 Å². The van der Waals surface area contributed by atoms with Crippen LogP contribution in [-0.2, 0) is 14.3 Å². The van der Waals surface area contributed by atoms with Crippen molar-refractivity contribution in [1.29, 1.82) is 0 Å². The van der Waals surface area contributed by atoms with E-state index in [1.165, 1.54) is 0 Å². The van der Waals surface area contributed by atoms with Crippen LogP contribution < -0.4 is 11.5 Å². The molecular formula is C4H9N2NaO3. The Hall–Kier alpha value is 0.0600. The number of hydrogen-bond acceptors (Lipinski definition) is 5. The Morgan fingerprint density at radius 3 is 1.60 bits per heavy atom. The van der Waals surface area contributed by atoms with E-state index < -0.39 is 11.9 Å². The van der Waals surface area contributed by atoms with Crippen LogP contribution in [0.5, 0.6) is 0 Å². The van der Waals surface area contributed by atoms with Gasteiger partial charge in [-0.1, -0.05) is 0 Å². The maximum absolute atomic E-state index is 10.2. The van der Waals surface area contributed by atoms with Gasteiger partial charge in [-0.05, 0) is 0 Å². The molecule has 10 heavy (non-hydrogen) atoms. The molecule has 0 bridgehead atoms. The maximum atomic E-state index is 10.2. The van der Waals surface area contributed by atoms with Crippen molar-refractivity contribution in [1.82, 2.24) is 0 Å². The number of hydrogen-bond donors (Lipinski definition) is 2. The molecule has 54 valence electrons. The van der Waals surface area contributed by atoms with Crippen LogP contribution in [0.25, 0.3) is 0 Å². The molecule has 0 spiro atoms. The minimum atomic E-state index is -0.759. The molecule has 0 aromatic carbocycles. The van der Waals surface area contributed by atoms with Gasteiger partial charge in [-0.3, -0.25) is 9.59 Å². The third-order valence-electron chi connectivity index (χ3n) is 0.561. The molecule has 5 nitrogen and oxygen atoms in total. The van der Waals surface area contributed by atoms with E-state index >= 15 is 0 Å². The van der Waals surface area contributed by atoms with Gasteiger partial charge in [-0.2, -0.15) is 0 Å². The van der Waals surface area contributed by atoms with Crippen molar-refractivity contribution in [2.24, 2.45) is 11.5 Å². The Morgan fingerprint density at radius 2 is 1.40 bits per heavy atom. The fourth-order valence-electron chi connectivity index (χ4n) is 0.210. The van der Waals surface area contributed by atoms with Crippen molar-refractivity contribution < 1.29 is 14.3 Å². The van der Waals surface area contributed by atoms with E-state index in [1.807, 2.05) is 0 Å². The predicted octanol–water partition coefficient (Wildman–Crippen LogP) is -2.67. The summed E-state index contributed by atoms with van der Waals surface area (Å²) in [5.74, 6) is -1.52. The van der Waals surface area contributed by atoms with Crippen molar-refractivity contribution in [3.05, 3.63) is 0 Å². The van der Waals surface area contributed by atoms with Crippen LogP contribution in [-0.4, -0.2) is 54.6 Å². The average molecular weight is 156 g/mol. The zero-order chi connectivity index (χ0) is 7.28. The molecule has 0 radical (unpaired) electrons. The summed E-state index contributed by atoms with van der Waals surface area (Å²) in [7, 11) is 0. The van der Waals surface area contributed by atoms with Crippen LogP contribution in [0, 0.1) is 0 Å². The van der Waals surface area contributed by atoms with Crippen LogP contribution >= 0.6 is 0 Å². The van der Waals surface area contributed by atoms with E-state index in [0.29, 0.717) is 0 Å². The quantitative estimate of drug-likeness (QED) is 0.258. The molecule has 0 heterocycles. The van der Waals surface area contributed by atoms with Crippen molar-refractivity contribution >= 4 is 41.5 Å². The minimum absolute atomic E-state index is 0. The summed E-state index contributed by atoms with van der Waals surface area (Å²) in [5, 5.41) is 0. The molecule has 0 aliphatic rings. The van der Waals surface area contributed by atoms with Gasteiger partial charge < -0.3 is 16.2 Å². The second-order valence-electron chi connectivity index (χ2n) is 1.25. The fourth-order valence-corrected chi connectivity index (χ4v) is 0.210. The zero-order valence-electron chi connectivity index (χ0n) is 4.79. The molecular weight excluding hydrogens is 147 g/mol. The number of carbonyl (C=O) groups excluding carboxylic acids is 2. The molecule has 0 unspecified atom stereocenters. The molecule has 6 heteroatoms. The van der Waals surface area contributed by atoms with Crippen LogP contribution in [0.3, 0.4) is 0 Å². The van der Waals surface area contributed by atoms with E-state index in [9.17, 15) is 9.59 Å². The molecule has 0 saturated heterocycles. The number of esters is 2. The van der Waals surface area contributed by atoms with Crippen LogP contribution in [0.1, 0.15) is 0 Å². The monoisotopic (exact) mass is 156 g/mol. The Labute approximate surface area is 80.4 Å². The van der Waals surface area contributed by atoms with Gasteiger partial charge in [0.2, 0.25) is 0 Å². The third-order valence-corrected chi connectivity index (χ3v) is 0.561. The van der Waals surface area contributed by atoms with Crippen molar-refractivity contribution in [3.63, 3.8) is 0 Å². The first kappa shape index (κ1) is 12.7. The molecule has 0 fully saturated rings. The van der Waals surface area contributed by atoms with Gasteiger partial charge in [-0.25, -0.2) is 0 Å². The summed E-state index contributed by atoms with van der Waals surface area (Å²) >= 11 is 0. The van der Waals surface area contributed by atoms with E-state index in [1.54, 1.807) is 0 Å². The first-order chi connectivity index (χ1) is 4.20. The van der Waals surface area contributed by atoms with Gasteiger partial charge in [-0.15, -0.1) is 0 Å². The summed E-state index contributed by atoms with van der Waals surface area (Å²) < 4.78 is 4.02. The topological polar surface area (TPSA) is 95.4 Å². The molecule has 0 atom stereocenters. The fraction of sp³-hybridized carbons (Fsp3) is 0.500. The average Bonchev–Trinajstić information content (AvgIpc) is 1.87. The molecule has 0 aliphatic heterocycles. The van der Waals surface area contributed by atoms with E-state index in [0.717, 1.165) is 0 Å². The molecule has 0 aromatic heterocycles. The normalized spacial score (nSPS) is 7.80. The van der Waals surface area contributed by atoms with Gasteiger partial charge in [0, 0.05) is 0 Å².